The first kappa shape index (κ1) is 24.3. The quantitative estimate of drug-likeness (QED) is 0.258. The van der Waals surface area contributed by atoms with Crippen molar-refractivity contribution in [3.05, 3.63) is 63.6 Å². The summed E-state index contributed by atoms with van der Waals surface area (Å²) < 4.78 is 2.00. The maximum Gasteiger partial charge on any atom is 0.250 e. The van der Waals surface area contributed by atoms with Gasteiger partial charge in [-0.05, 0) is 35.6 Å². The number of nitrogens with one attached hydrogen (secondary N) is 1. The zero-order valence-corrected chi connectivity index (χ0v) is 20.7. The third-order valence-corrected chi connectivity index (χ3v) is 6.43. The van der Waals surface area contributed by atoms with Crippen molar-refractivity contribution in [2.45, 2.75) is 44.8 Å². The lowest BCUT2D eigenvalue weighted by molar-refractivity contribution is -0.118. The van der Waals surface area contributed by atoms with Crippen LogP contribution in [0.3, 0.4) is 0 Å². The lowest BCUT2D eigenvalue weighted by Gasteiger charge is -2.19. The molecule has 0 saturated carbocycles. The standard InChI is InChI=1S/C23H25Cl2N5OS/c1-5-30-21(16-7-9-17(10-8-16)23(2,3)4)28-29-22(30)32-14-20(31)27-26-13-15-6-11-18(24)19(25)12-15/h6-13H,5,14H2,1-4H3,(H,27,31). The molecule has 32 heavy (non-hydrogen) atoms. The summed E-state index contributed by atoms with van der Waals surface area (Å²) in [6.45, 7) is 9.28. The number of carbonyl (C=O) groups is 1. The Balaban J connectivity index is 1.62. The molecule has 0 fully saturated rings. The second-order valence-electron chi connectivity index (χ2n) is 8.13. The van der Waals surface area contributed by atoms with Crippen LogP contribution in [0.1, 0.15) is 38.8 Å². The molecule has 0 saturated heterocycles. The van der Waals surface area contributed by atoms with Crippen LogP contribution in [0.25, 0.3) is 11.4 Å². The number of hydrogen-bond donors (Lipinski definition) is 1. The third-order valence-electron chi connectivity index (χ3n) is 4.72. The van der Waals surface area contributed by atoms with E-state index in [1.807, 2.05) is 11.5 Å². The van der Waals surface area contributed by atoms with E-state index in [1.54, 1.807) is 18.2 Å². The maximum absolute atomic E-state index is 12.2. The van der Waals surface area contributed by atoms with Gasteiger partial charge in [-0.3, -0.25) is 4.79 Å². The first-order valence-electron chi connectivity index (χ1n) is 10.1. The van der Waals surface area contributed by atoms with Crippen LogP contribution in [0.2, 0.25) is 10.0 Å². The lowest BCUT2D eigenvalue weighted by atomic mass is 9.87. The minimum absolute atomic E-state index is 0.0909. The minimum Gasteiger partial charge on any atom is -0.302 e. The second kappa shape index (κ2) is 10.5. The Bertz CT molecular complexity index is 1120. The van der Waals surface area contributed by atoms with Gasteiger partial charge in [0.25, 0.3) is 5.91 Å². The van der Waals surface area contributed by atoms with Gasteiger partial charge in [0.2, 0.25) is 0 Å². The van der Waals surface area contributed by atoms with Crippen LogP contribution in [0.5, 0.6) is 0 Å². The highest BCUT2D eigenvalue weighted by Crippen LogP contribution is 2.27. The summed E-state index contributed by atoms with van der Waals surface area (Å²) in [4.78, 5) is 12.2. The van der Waals surface area contributed by atoms with Gasteiger partial charge in [-0.15, -0.1) is 10.2 Å². The van der Waals surface area contributed by atoms with Gasteiger partial charge in [-0.25, -0.2) is 5.43 Å². The van der Waals surface area contributed by atoms with Crippen LogP contribution in [-0.4, -0.2) is 32.6 Å². The van der Waals surface area contributed by atoms with Crippen LogP contribution >= 0.6 is 35.0 Å². The molecule has 3 rings (SSSR count). The highest BCUT2D eigenvalue weighted by Gasteiger charge is 2.17. The Labute approximate surface area is 202 Å². The fourth-order valence-electron chi connectivity index (χ4n) is 2.95. The van der Waals surface area contributed by atoms with Crippen molar-refractivity contribution in [3.63, 3.8) is 0 Å². The molecule has 0 aliphatic rings. The van der Waals surface area contributed by atoms with Crippen molar-refractivity contribution in [2.75, 3.05) is 5.75 Å². The van der Waals surface area contributed by atoms with Gasteiger partial charge < -0.3 is 4.57 Å². The van der Waals surface area contributed by atoms with E-state index in [4.69, 9.17) is 23.2 Å². The SMILES string of the molecule is CCn1c(SCC(=O)NN=Cc2ccc(Cl)c(Cl)c2)nnc1-c1ccc(C(C)(C)C)cc1. The highest BCUT2D eigenvalue weighted by atomic mass is 35.5. The van der Waals surface area contributed by atoms with Gasteiger partial charge in [0, 0.05) is 12.1 Å². The number of aromatic nitrogens is 3. The average Bonchev–Trinajstić information content (AvgIpc) is 3.17. The Kier molecular flexibility index (Phi) is 7.98. The zero-order valence-electron chi connectivity index (χ0n) is 18.4. The lowest BCUT2D eigenvalue weighted by Crippen LogP contribution is -2.20. The molecule has 0 spiro atoms. The number of carbonyl (C=O) groups excluding carboxylic acids is 1. The summed E-state index contributed by atoms with van der Waals surface area (Å²) in [5.74, 6) is 0.710. The number of hydrazone groups is 1. The molecule has 0 aliphatic heterocycles. The number of thioether (sulfide) groups is 1. The number of hydrogen-bond acceptors (Lipinski definition) is 5. The Morgan fingerprint density at radius 1 is 1.12 bits per heavy atom. The van der Waals surface area contributed by atoms with Crippen LogP contribution in [0.4, 0.5) is 0 Å². The third kappa shape index (κ3) is 6.12. The van der Waals surface area contributed by atoms with E-state index in [1.165, 1.54) is 23.5 Å². The molecular weight excluding hydrogens is 465 g/mol. The summed E-state index contributed by atoms with van der Waals surface area (Å²) in [7, 11) is 0. The molecule has 168 valence electrons. The number of halogens is 2. The predicted molar refractivity (Wildman–Crippen MR) is 133 cm³/mol. The number of nitrogens with zero attached hydrogens (tertiary/aromatic N) is 4. The average molecular weight is 490 g/mol. The molecule has 9 heteroatoms. The van der Waals surface area contributed by atoms with Gasteiger partial charge in [-0.1, -0.05) is 86.1 Å². The van der Waals surface area contributed by atoms with Gasteiger partial charge in [-0.2, -0.15) is 5.10 Å². The number of rotatable bonds is 7. The Morgan fingerprint density at radius 2 is 1.84 bits per heavy atom. The molecule has 1 aromatic heterocycles. The Morgan fingerprint density at radius 3 is 2.47 bits per heavy atom. The highest BCUT2D eigenvalue weighted by molar-refractivity contribution is 7.99. The van der Waals surface area contributed by atoms with Gasteiger partial charge in [0.15, 0.2) is 11.0 Å². The molecule has 0 bridgehead atoms. The van der Waals surface area contributed by atoms with E-state index in [9.17, 15) is 4.79 Å². The summed E-state index contributed by atoms with van der Waals surface area (Å²) >= 11 is 13.2. The topological polar surface area (TPSA) is 72.2 Å². The molecular formula is C23H25Cl2N5OS. The normalized spacial score (nSPS) is 11.8. The van der Waals surface area contributed by atoms with E-state index in [-0.39, 0.29) is 17.1 Å². The fraction of sp³-hybridized carbons (Fsp3) is 0.304. The molecule has 1 amide bonds. The number of benzene rings is 2. The van der Waals surface area contributed by atoms with Crippen molar-refractivity contribution >= 4 is 47.1 Å². The van der Waals surface area contributed by atoms with E-state index < -0.39 is 0 Å². The smallest absolute Gasteiger partial charge is 0.250 e. The van der Waals surface area contributed by atoms with Crippen LogP contribution in [0, 0.1) is 0 Å². The van der Waals surface area contributed by atoms with E-state index >= 15 is 0 Å². The van der Waals surface area contributed by atoms with E-state index in [0.717, 1.165) is 17.0 Å². The number of amides is 1. The van der Waals surface area contributed by atoms with Crippen LogP contribution < -0.4 is 5.43 Å². The molecule has 3 aromatic rings. The minimum atomic E-state index is -0.243. The second-order valence-corrected chi connectivity index (χ2v) is 9.89. The largest absolute Gasteiger partial charge is 0.302 e. The first-order chi connectivity index (χ1) is 15.2. The van der Waals surface area contributed by atoms with Crippen molar-refractivity contribution in [1.29, 1.82) is 0 Å². The summed E-state index contributed by atoms with van der Waals surface area (Å²) in [6, 6.07) is 13.5. The van der Waals surface area contributed by atoms with Gasteiger partial charge >= 0.3 is 0 Å². The maximum atomic E-state index is 12.2. The van der Waals surface area contributed by atoms with Crippen LogP contribution in [-0.2, 0) is 16.8 Å². The summed E-state index contributed by atoms with van der Waals surface area (Å²) in [6.07, 6.45) is 1.51. The van der Waals surface area contributed by atoms with Crippen LogP contribution in [0.15, 0.2) is 52.7 Å². The van der Waals surface area contributed by atoms with Crippen molar-refractivity contribution in [3.8, 4) is 11.4 Å². The predicted octanol–water partition coefficient (Wildman–Crippen LogP) is 5.81. The molecule has 1 heterocycles. The molecule has 0 atom stereocenters. The molecule has 6 nitrogen and oxygen atoms in total. The zero-order chi connectivity index (χ0) is 23.3. The first-order valence-corrected chi connectivity index (χ1v) is 11.9. The molecule has 0 aliphatic carbocycles. The summed E-state index contributed by atoms with van der Waals surface area (Å²) in [5.41, 5.74) is 5.59. The molecule has 0 radical (unpaired) electrons. The Hall–Kier alpha value is -2.35. The van der Waals surface area contributed by atoms with E-state index in [0.29, 0.717) is 21.7 Å². The van der Waals surface area contributed by atoms with Crippen molar-refractivity contribution < 1.29 is 4.79 Å². The molecule has 1 N–H and O–H groups in total. The van der Waals surface area contributed by atoms with E-state index in [2.05, 4.69) is 65.8 Å². The van der Waals surface area contributed by atoms with Crippen molar-refractivity contribution in [1.82, 2.24) is 20.2 Å². The molecule has 0 unspecified atom stereocenters. The fourth-order valence-corrected chi connectivity index (χ4v) is 4.05. The monoisotopic (exact) mass is 489 g/mol. The van der Waals surface area contributed by atoms with Gasteiger partial charge in [0.1, 0.15) is 0 Å². The molecule has 2 aromatic carbocycles. The van der Waals surface area contributed by atoms with Crippen molar-refractivity contribution in [2.24, 2.45) is 5.10 Å². The van der Waals surface area contributed by atoms with Gasteiger partial charge in [0.05, 0.1) is 22.0 Å². The summed E-state index contributed by atoms with van der Waals surface area (Å²) in [5, 5.41) is 14.2.